The Kier molecular flexibility index (Phi) is 6.04. The van der Waals surface area contributed by atoms with E-state index in [0.717, 1.165) is 6.07 Å². The lowest BCUT2D eigenvalue weighted by Crippen LogP contribution is -2.38. The summed E-state index contributed by atoms with van der Waals surface area (Å²) < 4.78 is 23.6. The maximum absolute atomic E-state index is 13.3. The number of carbonyl (C=O) groups excluding carboxylic acids is 1. The summed E-state index contributed by atoms with van der Waals surface area (Å²) >= 11 is 3.01. The van der Waals surface area contributed by atoms with E-state index in [0.29, 0.717) is 6.61 Å². The molecule has 0 aliphatic heterocycles. The molecule has 1 unspecified atom stereocenters. The lowest BCUT2D eigenvalue weighted by molar-refractivity contribution is -0.124. The predicted molar refractivity (Wildman–Crippen MR) is 73.5 cm³/mol. The standard InChI is InChI=1S/C12H16BrFN2O3/c1-7(5-18-2)16-12(17)6-19-11-4-9(14)8(13)3-10(11)15/h3-4,7H,5-6,15H2,1-2H3,(H,16,17). The number of hydrogen-bond donors (Lipinski definition) is 2. The van der Waals surface area contributed by atoms with Crippen LogP contribution >= 0.6 is 15.9 Å². The van der Waals surface area contributed by atoms with Gasteiger partial charge in [0.15, 0.2) is 6.61 Å². The van der Waals surface area contributed by atoms with Crippen molar-refractivity contribution >= 4 is 27.5 Å². The van der Waals surface area contributed by atoms with E-state index in [1.807, 2.05) is 0 Å². The number of anilines is 1. The van der Waals surface area contributed by atoms with Gasteiger partial charge in [-0.3, -0.25) is 4.79 Å². The summed E-state index contributed by atoms with van der Waals surface area (Å²) in [6.07, 6.45) is 0. The monoisotopic (exact) mass is 334 g/mol. The molecule has 0 bridgehead atoms. The van der Waals surface area contributed by atoms with Gasteiger partial charge in [-0.25, -0.2) is 4.39 Å². The normalized spacial score (nSPS) is 12.0. The van der Waals surface area contributed by atoms with Gasteiger partial charge in [0, 0.05) is 19.2 Å². The first-order valence-electron chi connectivity index (χ1n) is 5.59. The van der Waals surface area contributed by atoms with Gasteiger partial charge in [-0.2, -0.15) is 0 Å². The number of nitrogens with one attached hydrogen (secondary N) is 1. The third-order valence-electron chi connectivity index (χ3n) is 2.24. The molecule has 0 heterocycles. The molecule has 0 spiro atoms. The van der Waals surface area contributed by atoms with Gasteiger partial charge in [-0.05, 0) is 28.9 Å². The van der Waals surface area contributed by atoms with E-state index in [9.17, 15) is 9.18 Å². The Morgan fingerprint density at radius 1 is 1.58 bits per heavy atom. The number of carbonyl (C=O) groups is 1. The van der Waals surface area contributed by atoms with Crippen LogP contribution in [0.25, 0.3) is 0 Å². The Balaban J connectivity index is 2.53. The number of halogens is 2. The minimum absolute atomic E-state index is 0.125. The molecule has 7 heteroatoms. The zero-order valence-corrected chi connectivity index (χ0v) is 12.3. The molecular weight excluding hydrogens is 319 g/mol. The maximum Gasteiger partial charge on any atom is 0.258 e. The molecule has 106 valence electrons. The zero-order chi connectivity index (χ0) is 14.4. The third-order valence-corrected chi connectivity index (χ3v) is 2.84. The smallest absolute Gasteiger partial charge is 0.258 e. The van der Waals surface area contributed by atoms with E-state index in [1.165, 1.54) is 6.07 Å². The van der Waals surface area contributed by atoms with E-state index < -0.39 is 5.82 Å². The van der Waals surface area contributed by atoms with Crippen LogP contribution in [-0.4, -0.2) is 32.3 Å². The van der Waals surface area contributed by atoms with Crippen molar-refractivity contribution in [2.45, 2.75) is 13.0 Å². The third kappa shape index (κ3) is 5.04. The molecule has 0 aliphatic rings. The number of ether oxygens (including phenoxy) is 2. The van der Waals surface area contributed by atoms with Gasteiger partial charge >= 0.3 is 0 Å². The molecule has 0 aromatic heterocycles. The molecule has 0 saturated carbocycles. The Morgan fingerprint density at radius 3 is 2.89 bits per heavy atom. The van der Waals surface area contributed by atoms with E-state index >= 15 is 0 Å². The van der Waals surface area contributed by atoms with Crippen LogP contribution in [0.4, 0.5) is 10.1 Å². The maximum atomic E-state index is 13.3. The van der Waals surface area contributed by atoms with Crippen molar-refractivity contribution in [3.05, 3.63) is 22.4 Å². The second-order valence-corrected chi connectivity index (χ2v) is 4.87. The fraction of sp³-hybridized carbons (Fsp3) is 0.417. The summed E-state index contributed by atoms with van der Waals surface area (Å²) in [7, 11) is 1.55. The number of methoxy groups -OCH3 is 1. The van der Waals surface area contributed by atoms with Crippen molar-refractivity contribution in [3.8, 4) is 5.75 Å². The Hall–Kier alpha value is -1.34. The second-order valence-electron chi connectivity index (χ2n) is 4.02. The predicted octanol–water partition coefficient (Wildman–Crippen LogP) is 1.70. The largest absolute Gasteiger partial charge is 0.482 e. The van der Waals surface area contributed by atoms with Crippen LogP contribution in [0.3, 0.4) is 0 Å². The van der Waals surface area contributed by atoms with Gasteiger partial charge in [0.25, 0.3) is 5.91 Å². The van der Waals surface area contributed by atoms with E-state index in [-0.39, 0.29) is 34.5 Å². The van der Waals surface area contributed by atoms with Crippen LogP contribution in [0, 0.1) is 5.82 Å². The summed E-state index contributed by atoms with van der Waals surface area (Å²) in [6.45, 7) is 1.97. The van der Waals surface area contributed by atoms with Gasteiger partial charge in [0.2, 0.25) is 0 Å². The summed E-state index contributed by atoms with van der Waals surface area (Å²) in [5.41, 5.74) is 5.91. The molecular formula is C12H16BrFN2O3. The van der Waals surface area contributed by atoms with E-state index in [2.05, 4.69) is 21.2 Å². The first-order valence-corrected chi connectivity index (χ1v) is 6.39. The highest BCUT2D eigenvalue weighted by Crippen LogP contribution is 2.28. The van der Waals surface area contributed by atoms with Crippen molar-refractivity contribution in [1.82, 2.24) is 5.32 Å². The average Bonchev–Trinajstić information content (AvgIpc) is 2.32. The van der Waals surface area contributed by atoms with Crippen molar-refractivity contribution in [3.63, 3.8) is 0 Å². The minimum Gasteiger partial charge on any atom is -0.482 e. The average molecular weight is 335 g/mol. The van der Waals surface area contributed by atoms with Crippen LogP contribution in [0.15, 0.2) is 16.6 Å². The van der Waals surface area contributed by atoms with Crippen LogP contribution in [0.2, 0.25) is 0 Å². The van der Waals surface area contributed by atoms with Crippen LogP contribution in [-0.2, 0) is 9.53 Å². The molecule has 0 saturated heterocycles. The molecule has 1 aromatic carbocycles. The Morgan fingerprint density at radius 2 is 2.26 bits per heavy atom. The number of rotatable bonds is 6. The van der Waals surface area contributed by atoms with Crippen molar-refractivity contribution in [2.75, 3.05) is 26.1 Å². The molecule has 3 N–H and O–H groups in total. The lowest BCUT2D eigenvalue weighted by Gasteiger charge is -2.14. The Bertz CT molecular complexity index is 457. The first kappa shape index (κ1) is 15.7. The highest BCUT2D eigenvalue weighted by molar-refractivity contribution is 9.10. The summed E-state index contributed by atoms with van der Waals surface area (Å²) in [5, 5.41) is 2.66. The molecule has 1 atom stereocenters. The van der Waals surface area contributed by atoms with E-state index in [4.69, 9.17) is 15.2 Å². The summed E-state index contributed by atoms with van der Waals surface area (Å²) in [5.74, 6) is -0.695. The zero-order valence-electron chi connectivity index (χ0n) is 10.7. The minimum atomic E-state index is -0.502. The van der Waals surface area contributed by atoms with Crippen LogP contribution in [0.1, 0.15) is 6.92 Å². The molecule has 0 aliphatic carbocycles. The van der Waals surface area contributed by atoms with Gasteiger partial charge in [0.1, 0.15) is 11.6 Å². The molecule has 0 fully saturated rings. The molecule has 0 radical (unpaired) electrons. The van der Waals surface area contributed by atoms with Crippen molar-refractivity contribution < 1.29 is 18.7 Å². The number of hydrogen-bond acceptors (Lipinski definition) is 4. The number of nitrogen functional groups attached to an aromatic ring is 1. The highest BCUT2D eigenvalue weighted by atomic mass is 79.9. The van der Waals surface area contributed by atoms with Gasteiger partial charge < -0.3 is 20.5 Å². The number of amides is 1. The fourth-order valence-corrected chi connectivity index (χ4v) is 1.78. The van der Waals surface area contributed by atoms with Crippen LogP contribution in [0.5, 0.6) is 5.75 Å². The van der Waals surface area contributed by atoms with E-state index in [1.54, 1.807) is 14.0 Å². The fourth-order valence-electron chi connectivity index (χ4n) is 1.42. The van der Waals surface area contributed by atoms with Crippen molar-refractivity contribution in [2.24, 2.45) is 0 Å². The topological polar surface area (TPSA) is 73.6 Å². The van der Waals surface area contributed by atoms with Gasteiger partial charge in [0.05, 0.1) is 16.8 Å². The number of nitrogens with two attached hydrogens (primary N) is 1. The summed E-state index contributed by atoms with van der Waals surface area (Å²) in [6, 6.07) is 2.39. The van der Waals surface area contributed by atoms with Crippen molar-refractivity contribution in [1.29, 1.82) is 0 Å². The van der Waals surface area contributed by atoms with Gasteiger partial charge in [-0.1, -0.05) is 0 Å². The lowest BCUT2D eigenvalue weighted by atomic mass is 10.3. The molecule has 19 heavy (non-hydrogen) atoms. The first-order chi connectivity index (χ1) is 8.93. The SMILES string of the molecule is COCC(C)NC(=O)COc1cc(F)c(Br)cc1N. The highest BCUT2D eigenvalue weighted by Gasteiger charge is 2.11. The Labute approximate surface area is 119 Å². The molecule has 1 rings (SSSR count). The second kappa shape index (κ2) is 7.30. The van der Waals surface area contributed by atoms with Gasteiger partial charge in [-0.15, -0.1) is 0 Å². The summed E-state index contributed by atoms with van der Waals surface area (Å²) in [4.78, 5) is 11.5. The number of benzene rings is 1. The van der Waals surface area contributed by atoms with Crippen LogP contribution < -0.4 is 15.8 Å². The quantitative estimate of drug-likeness (QED) is 0.776. The molecule has 1 amide bonds. The molecule has 5 nitrogen and oxygen atoms in total. The molecule has 1 aromatic rings.